The van der Waals surface area contributed by atoms with E-state index < -0.39 is 0 Å². The van der Waals surface area contributed by atoms with Crippen molar-refractivity contribution in [2.24, 2.45) is 5.92 Å². The summed E-state index contributed by atoms with van der Waals surface area (Å²) in [4.78, 5) is 0. The van der Waals surface area contributed by atoms with E-state index >= 15 is 0 Å². The van der Waals surface area contributed by atoms with Gasteiger partial charge in [0.2, 0.25) is 0 Å². The number of aliphatic hydroxyl groups excluding tert-OH is 1. The standard InChI is InChI=1S/C17H18BrFO2/c1-21-16-4-2-3-12(9-16)7-13(11-20)8-14-5-6-15(18)10-17(14)19/h2-6,9-10,13,20H,7-8,11H2,1H3. The summed E-state index contributed by atoms with van der Waals surface area (Å²) in [6, 6.07) is 12.8. The Labute approximate surface area is 132 Å². The zero-order valence-corrected chi connectivity index (χ0v) is 13.4. The fraction of sp³-hybridized carbons (Fsp3) is 0.294. The molecule has 0 aliphatic heterocycles. The predicted molar refractivity (Wildman–Crippen MR) is 85.1 cm³/mol. The summed E-state index contributed by atoms with van der Waals surface area (Å²) in [5.41, 5.74) is 1.70. The SMILES string of the molecule is COc1cccc(CC(CO)Cc2ccc(Br)cc2F)c1. The van der Waals surface area contributed by atoms with Crippen LogP contribution in [0.1, 0.15) is 11.1 Å². The van der Waals surface area contributed by atoms with Crippen molar-refractivity contribution in [2.75, 3.05) is 13.7 Å². The van der Waals surface area contributed by atoms with Gasteiger partial charge in [-0.1, -0.05) is 34.1 Å². The molecule has 1 unspecified atom stereocenters. The summed E-state index contributed by atoms with van der Waals surface area (Å²) in [5.74, 6) is 0.528. The highest BCUT2D eigenvalue weighted by atomic mass is 79.9. The lowest BCUT2D eigenvalue weighted by atomic mass is 9.93. The molecule has 0 amide bonds. The monoisotopic (exact) mass is 352 g/mol. The van der Waals surface area contributed by atoms with Gasteiger partial charge in [-0.15, -0.1) is 0 Å². The molecule has 0 spiro atoms. The summed E-state index contributed by atoms with van der Waals surface area (Å²) in [5, 5.41) is 9.56. The number of rotatable bonds is 6. The van der Waals surface area contributed by atoms with Crippen molar-refractivity contribution < 1.29 is 14.2 Å². The van der Waals surface area contributed by atoms with Gasteiger partial charge in [0.05, 0.1) is 7.11 Å². The lowest BCUT2D eigenvalue weighted by Crippen LogP contribution is -2.14. The molecule has 2 aromatic carbocycles. The van der Waals surface area contributed by atoms with E-state index in [1.807, 2.05) is 30.3 Å². The lowest BCUT2D eigenvalue weighted by molar-refractivity contribution is 0.224. The second kappa shape index (κ2) is 7.57. The van der Waals surface area contributed by atoms with Gasteiger partial charge in [0.15, 0.2) is 0 Å². The molecule has 0 fully saturated rings. The van der Waals surface area contributed by atoms with Gasteiger partial charge >= 0.3 is 0 Å². The van der Waals surface area contributed by atoms with Gasteiger partial charge in [-0.05, 0) is 54.2 Å². The average Bonchev–Trinajstić information content (AvgIpc) is 2.49. The zero-order valence-electron chi connectivity index (χ0n) is 11.9. The van der Waals surface area contributed by atoms with Crippen LogP contribution in [0.2, 0.25) is 0 Å². The highest BCUT2D eigenvalue weighted by molar-refractivity contribution is 9.10. The normalized spacial score (nSPS) is 12.2. The minimum atomic E-state index is -0.242. The van der Waals surface area contributed by atoms with Crippen LogP contribution in [-0.4, -0.2) is 18.8 Å². The molecule has 0 saturated heterocycles. The van der Waals surface area contributed by atoms with Crippen molar-refractivity contribution in [3.63, 3.8) is 0 Å². The zero-order chi connectivity index (χ0) is 15.2. The molecule has 0 aromatic heterocycles. The minimum absolute atomic E-state index is 0.0205. The van der Waals surface area contributed by atoms with Crippen LogP contribution in [-0.2, 0) is 12.8 Å². The van der Waals surface area contributed by atoms with E-state index in [9.17, 15) is 9.50 Å². The fourth-order valence-electron chi connectivity index (χ4n) is 2.33. The van der Waals surface area contributed by atoms with Gasteiger partial charge in [0.25, 0.3) is 0 Å². The second-order valence-electron chi connectivity index (χ2n) is 5.04. The first kappa shape index (κ1) is 16.0. The van der Waals surface area contributed by atoms with Crippen molar-refractivity contribution in [3.05, 3.63) is 63.9 Å². The fourth-order valence-corrected chi connectivity index (χ4v) is 2.67. The van der Waals surface area contributed by atoms with Crippen LogP contribution in [0.4, 0.5) is 4.39 Å². The molecule has 2 rings (SSSR count). The minimum Gasteiger partial charge on any atom is -0.497 e. The lowest BCUT2D eigenvalue weighted by Gasteiger charge is -2.15. The van der Waals surface area contributed by atoms with Crippen LogP contribution in [0.15, 0.2) is 46.9 Å². The van der Waals surface area contributed by atoms with E-state index in [0.717, 1.165) is 15.8 Å². The third-order valence-corrected chi connectivity index (χ3v) is 3.93. The molecule has 21 heavy (non-hydrogen) atoms. The van der Waals surface area contributed by atoms with Crippen LogP contribution in [0.25, 0.3) is 0 Å². The van der Waals surface area contributed by atoms with E-state index in [2.05, 4.69) is 15.9 Å². The van der Waals surface area contributed by atoms with Crippen LogP contribution >= 0.6 is 15.9 Å². The van der Waals surface area contributed by atoms with Gasteiger partial charge in [-0.25, -0.2) is 4.39 Å². The van der Waals surface area contributed by atoms with Crippen molar-refractivity contribution in [3.8, 4) is 5.75 Å². The Morgan fingerprint density at radius 3 is 2.67 bits per heavy atom. The average molecular weight is 353 g/mol. The van der Waals surface area contributed by atoms with Crippen LogP contribution < -0.4 is 4.74 Å². The largest absolute Gasteiger partial charge is 0.497 e. The summed E-state index contributed by atoms with van der Waals surface area (Å²) in [7, 11) is 1.62. The van der Waals surface area contributed by atoms with Gasteiger partial charge in [0, 0.05) is 11.1 Å². The Hall–Kier alpha value is -1.39. The summed E-state index contributed by atoms with van der Waals surface area (Å²) >= 11 is 3.25. The Kier molecular flexibility index (Phi) is 5.76. The molecule has 2 nitrogen and oxygen atoms in total. The van der Waals surface area contributed by atoms with Crippen LogP contribution in [0.3, 0.4) is 0 Å². The molecule has 0 aliphatic rings. The molecule has 4 heteroatoms. The van der Waals surface area contributed by atoms with Crippen LogP contribution in [0.5, 0.6) is 5.75 Å². The number of methoxy groups -OCH3 is 1. The summed E-state index contributed by atoms with van der Waals surface area (Å²) < 4.78 is 19.8. The van der Waals surface area contributed by atoms with E-state index in [-0.39, 0.29) is 18.3 Å². The maximum absolute atomic E-state index is 13.9. The van der Waals surface area contributed by atoms with E-state index in [1.165, 1.54) is 6.07 Å². The molecule has 0 bridgehead atoms. The Balaban J connectivity index is 2.09. The molecule has 0 heterocycles. The van der Waals surface area contributed by atoms with E-state index in [4.69, 9.17) is 4.74 Å². The number of aliphatic hydroxyl groups is 1. The number of ether oxygens (including phenoxy) is 1. The molecule has 0 aliphatic carbocycles. The van der Waals surface area contributed by atoms with E-state index in [1.54, 1.807) is 13.2 Å². The summed E-state index contributed by atoms with van der Waals surface area (Å²) in [6.45, 7) is 0.0205. The maximum Gasteiger partial charge on any atom is 0.127 e. The number of halogens is 2. The van der Waals surface area contributed by atoms with Crippen molar-refractivity contribution in [1.82, 2.24) is 0 Å². The topological polar surface area (TPSA) is 29.5 Å². The first-order valence-electron chi connectivity index (χ1n) is 6.80. The Morgan fingerprint density at radius 1 is 1.19 bits per heavy atom. The van der Waals surface area contributed by atoms with Crippen molar-refractivity contribution in [2.45, 2.75) is 12.8 Å². The summed E-state index contributed by atoms with van der Waals surface area (Å²) in [6.07, 6.45) is 1.19. The number of hydrogen-bond acceptors (Lipinski definition) is 2. The van der Waals surface area contributed by atoms with Gasteiger partial charge in [0.1, 0.15) is 11.6 Å². The maximum atomic E-state index is 13.9. The third-order valence-electron chi connectivity index (χ3n) is 3.44. The molecule has 1 atom stereocenters. The highest BCUT2D eigenvalue weighted by Crippen LogP contribution is 2.21. The molecule has 2 aromatic rings. The highest BCUT2D eigenvalue weighted by Gasteiger charge is 2.13. The van der Waals surface area contributed by atoms with E-state index in [0.29, 0.717) is 18.4 Å². The van der Waals surface area contributed by atoms with Crippen molar-refractivity contribution >= 4 is 15.9 Å². The Bertz CT molecular complexity index is 601. The van der Waals surface area contributed by atoms with Crippen molar-refractivity contribution in [1.29, 1.82) is 0 Å². The smallest absolute Gasteiger partial charge is 0.127 e. The molecule has 0 saturated carbocycles. The first-order valence-corrected chi connectivity index (χ1v) is 7.59. The molecule has 112 valence electrons. The predicted octanol–water partition coefficient (Wildman–Crippen LogP) is 3.99. The van der Waals surface area contributed by atoms with Gasteiger partial charge < -0.3 is 9.84 Å². The Morgan fingerprint density at radius 2 is 2.00 bits per heavy atom. The quantitative estimate of drug-likeness (QED) is 0.851. The second-order valence-corrected chi connectivity index (χ2v) is 5.96. The number of benzene rings is 2. The van der Waals surface area contributed by atoms with Gasteiger partial charge in [-0.3, -0.25) is 0 Å². The first-order chi connectivity index (χ1) is 10.1. The number of hydrogen-bond donors (Lipinski definition) is 1. The van der Waals surface area contributed by atoms with Crippen LogP contribution in [0, 0.1) is 11.7 Å². The molecule has 0 radical (unpaired) electrons. The third kappa shape index (κ3) is 4.55. The molecular formula is C17H18BrFO2. The van der Waals surface area contributed by atoms with Gasteiger partial charge in [-0.2, -0.15) is 0 Å². The molecule has 1 N–H and O–H groups in total. The molecular weight excluding hydrogens is 335 g/mol.